The largest absolute Gasteiger partial charge is 0.480 e. The van der Waals surface area contributed by atoms with E-state index in [9.17, 15) is 14.4 Å². The molecule has 0 aromatic heterocycles. The average molecular weight is 262 g/mol. The van der Waals surface area contributed by atoms with Gasteiger partial charge in [0, 0.05) is 6.92 Å². The Bertz CT molecular complexity index is 291. The summed E-state index contributed by atoms with van der Waals surface area (Å²) in [7, 11) is 0. The Morgan fingerprint density at radius 2 is 1.56 bits per heavy atom. The first-order valence-corrected chi connectivity index (χ1v) is 5.56. The van der Waals surface area contributed by atoms with E-state index in [4.69, 9.17) is 15.9 Å². The van der Waals surface area contributed by atoms with Crippen LogP contribution in [-0.2, 0) is 14.4 Å². The van der Waals surface area contributed by atoms with Crippen molar-refractivity contribution in [3.8, 4) is 0 Å². The minimum atomic E-state index is -1.02. The van der Waals surface area contributed by atoms with Crippen LogP contribution in [0, 0.1) is 5.92 Å². The Kier molecular flexibility index (Phi) is 9.79. The number of carbonyl (C=O) groups excluding carboxylic acids is 1. The predicted molar refractivity (Wildman–Crippen MR) is 66.0 cm³/mol. The molecule has 0 saturated carbocycles. The summed E-state index contributed by atoms with van der Waals surface area (Å²) in [5.74, 6) is -1.91. The van der Waals surface area contributed by atoms with Crippen LogP contribution in [0.15, 0.2) is 0 Å². The normalized spacial score (nSPS) is 13.0. The first kappa shape index (κ1) is 18.7. The molecule has 0 aromatic rings. The van der Waals surface area contributed by atoms with E-state index in [0.29, 0.717) is 12.3 Å². The second kappa shape index (κ2) is 9.41. The van der Waals surface area contributed by atoms with Gasteiger partial charge in [0.1, 0.15) is 12.1 Å². The molecule has 0 aliphatic rings. The van der Waals surface area contributed by atoms with Crippen molar-refractivity contribution in [2.24, 2.45) is 11.7 Å². The molecule has 0 aliphatic carbocycles. The van der Waals surface area contributed by atoms with Crippen molar-refractivity contribution < 1.29 is 24.6 Å². The van der Waals surface area contributed by atoms with Crippen LogP contribution in [-0.4, -0.2) is 40.1 Å². The first-order chi connectivity index (χ1) is 8.07. The number of aliphatic carboxylic acids is 2. The number of rotatable bonds is 5. The zero-order valence-corrected chi connectivity index (χ0v) is 11.1. The molecular weight excluding hydrogens is 240 g/mol. The van der Waals surface area contributed by atoms with E-state index in [1.54, 1.807) is 0 Å². The molecule has 0 bridgehead atoms. The Hall–Kier alpha value is -1.63. The highest BCUT2D eigenvalue weighted by Gasteiger charge is 2.12. The van der Waals surface area contributed by atoms with Gasteiger partial charge in [-0.05, 0) is 19.3 Å². The van der Waals surface area contributed by atoms with Crippen LogP contribution in [0.2, 0.25) is 0 Å². The lowest BCUT2D eigenvalue weighted by Crippen LogP contribution is -2.36. The molecule has 2 atom stereocenters. The molecule has 0 aromatic carbocycles. The van der Waals surface area contributed by atoms with Crippen LogP contribution in [0.25, 0.3) is 0 Å². The van der Waals surface area contributed by atoms with Crippen LogP contribution in [0.5, 0.6) is 0 Å². The zero-order valence-electron chi connectivity index (χ0n) is 11.1. The van der Waals surface area contributed by atoms with Crippen molar-refractivity contribution in [3.63, 3.8) is 0 Å². The van der Waals surface area contributed by atoms with Crippen LogP contribution < -0.4 is 11.1 Å². The fourth-order valence-corrected chi connectivity index (χ4v) is 0.975. The number of amides is 1. The average Bonchev–Trinajstić information content (AvgIpc) is 2.16. The van der Waals surface area contributed by atoms with E-state index in [1.165, 1.54) is 13.8 Å². The third-order valence-corrected chi connectivity index (χ3v) is 1.83. The Morgan fingerprint density at radius 3 is 1.67 bits per heavy atom. The number of nitrogens with one attached hydrogen (secondary N) is 1. The number of hydrogen-bond acceptors (Lipinski definition) is 4. The van der Waals surface area contributed by atoms with Gasteiger partial charge in [-0.3, -0.25) is 14.4 Å². The van der Waals surface area contributed by atoms with Crippen LogP contribution in [0.1, 0.15) is 34.1 Å². The molecule has 18 heavy (non-hydrogen) atoms. The Morgan fingerprint density at radius 1 is 1.11 bits per heavy atom. The molecule has 0 saturated heterocycles. The summed E-state index contributed by atoms with van der Waals surface area (Å²) in [4.78, 5) is 30.3. The number of hydrogen-bond donors (Lipinski definition) is 4. The molecule has 2 unspecified atom stereocenters. The lowest BCUT2D eigenvalue weighted by Gasteiger charge is -2.07. The summed E-state index contributed by atoms with van der Waals surface area (Å²) in [6, 6.07) is -1.48. The third kappa shape index (κ3) is 12.4. The highest BCUT2D eigenvalue weighted by molar-refractivity contribution is 5.81. The molecule has 106 valence electrons. The lowest BCUT2D eigenvalue weighted by molar-refractivity contribution is -0.141. The van der Waals surface area contributed by atoms with Gasteiger partial charge in [-0.1, -0.05) is 13.8 Å². The molecule has 0 heterocycles. The molecule has 0 fully saturated rings. The lowest BCUT2D eigenvalue weighted by atomic mass is 10.1. The van der Waals surface area contributed by atoms with Gasteiger partial charge in [0.05, 0.1) is 0 Å². The van der Waals surface area contributed by atoms with E-state index in [0.717, 1.165) is 0 Å². The van der Waals surface area contributed by atoms with E-state index in [-0.39, 0.29) is 5.91 Å². The van der Waals surface area contributed by atoms with Crippen molar-refractivity contribution in [3.05, 3.63) is 0 Å². The Labute approximate surface area is 106 Å². The maximum absolute atomic E-state index is 10.2. The predicted octanol–water partition coefficient (Wildman–Crippen LogP) is 0.0400. The number of carbonyl (C=O) groups is 3. The summed E-state index contributed by atoms with van der Waals surface area (Å²) in [6.45, 7) is 6.58. The molecule has 7 nitrogen and oxygen atoms in total. The molecule has 7 heteroatoms. The summed E-state index contributed by atoms with van der Waals surface area (Å²) in [5, 5.41) is 18.7. The van der Waals surface area contributed by atoms with Gasteiger partial charge in [0.2, 0.25) is 5.91 Å². The van der Waals surface area contributed by atoms with Crippen molar-refractivity contribution in [1.29, 1.82) is 0 Å². The number of carboxylic acid groups (broad SMARTS) is 2. The fraction of sp³-hybridized carbons (Fsp3) is 0.727. The highest BCUT2D eigenvalue weighted by atomic mass is 16.4. The maximum Gasteiger partial charge on any atom is 0.325 e. The molecular formula is C11H22N2O5. The fourth-order valence-electron chi connectivity index (χ4n) is 0.975. The summed E-state index contributed by atoms with van der Waals surface area (Å²) >= 11 is 0. The minimum absolute atomic E-state index is 0.329. The van der Waals surface area contributed by atoms with E-state index < -0.39 is 24.0 Å². The Balaban J connectivity index is 0. The molecule has 0 aliphatic heterocycles. The van der Waals surface area contributed by atoms with Crippen molar-refractivity contribution in [2.75, 3.05) is 0 Å². The maximum atomic E-state index is 10.2. The van der Waals surface area contributed by atoms with Crippen LogP contribution in [0.4, 0.5) is 0 Å². The first-order valence-electron chi connectivity index (χ1n) is 5.56. The van der Waals surface area contributed by atoms with Gasteiger partial charge in [-0.25, -0.2) is 0 Å². The van der Waals surface area contributed by atoms with Crippen LogP contribution in [0.3, 0.4) is 0 Å². The molecule has 0 spiro atoms. The summed E-state index contributed by atoms with van der Waals surface area (Å²) in [5.41, 5.74) is 5.22. The van der Waals surface area contributed by atoms with Gasteiger partial charge < -0.3 is 21.3 Å². The van der Waals surface area contributed by atoms with Gasteiger partial charge in [0.25, 0.3) is 0 Å². The summed E-state index contributed by atoms with van der Waals surface area (Å²) in [6.07, 6.45) is 0.551. The van der Waals surface area contributed by atoms with Crippen LogP contribution >= 0.6 is 0 Å². The molecule has 5 N–H and O–H groups in total. The molecule has 1 amide bonds. The standard InChI is InChI=1S/C6H13NO2.C5H9NO3/c1-4(2)3-5(7)6(8)9;1-3(5(8)9)6-4(2)7/h4-5H,3,7H2,1-2H3,(H,8,9);3H,1-2H3,(H,6,7)(H,8,9). The van der Waals surface area contributed by atoms with Gasteiger partial charge >= 0.3 is 11.9 Å². The second-order valence-electron chi connectivity index (χ2n) is 4.33. The van der Waals surface area contributed by atoms with Crippen molar-refractivity contribution in [1.82, 2.24) is 5.32 Å². The quantitative estimate of drug-likeness (QED) is 0.553. The van der Waals surface area contributed by atoms with Crippen molar-refractivity contribution >= 4 is 17.8 Å². The summed E-state index contributed by atoms with van der Waals surface area (Å²) < 4.78 is 0. The zero-order chi connectivity index (χ0) is 14.9. The van der Waals surface area contributed by atoms with Gasteiger partial charge in [-0.2, -0.15) is 0 Å². The number of nitrogens with two attached hydrogens (primary N) is 1. The highest BCUT2D eigenvalue weighted by Crippen LogP contribution is 2.01. The van der Waals surface area contributed by atoms with Crippen molar-refractivity contribution in [2.45, 2.75) is 46.2 Å². The van der Waals surface area contributed by atoms with Gasteiger partial charge in [0.15, 0.2) is 0 Å². The topological polar surface area (TPSA) is 130 Å². The molecule has 0 rings (SSSR count). The van der Waals surface area contributed by atoms with E-state index >= 15 is 0 Å². The smallest absolute Gasteiger partial charge is 0.325 e. The van der Waals surface area contributed by atoms with E-state index in [1.807, 2.05) is 13.8 Å². The van der Waals surface area contributed by atoms with E-state index in [2.05, 4.69) is 5.32 Å². The minimum Gasteiger partial charge on any atom is -0.480 e. The number of carboxylic acids is 2. The SMILES string of the molecule is CC(=O)NC(C)C(=O)O.CC(C)CC(N)C(=O)O. The second-order valence-corrected chi connectivity index (χ2v) is 4.33. The van der Waals surface area contributed by atoms with Gasteiger partial charge in [-0.15, -0.1) is 0 Å². The third-order valence-electron chi connectivity index (χ3n) is 1.83. The monoisotopic (exact) mass is 262 g/mol. The molecule has 0 radical (unpaired) electrons.